The van der Waals surface area contributed by atoms with Gasteiger partial charge < -0.3 is 15.8 Å². The van der Waals surface area contributed by atoms with Crippen molar-refractivity contribution < 1.29 is 4.74 Å². The lowest BCUT2D eigenvalue weighted by Gasteiger charge is -2.51. The van der Waals surface area contributed by atoms with E-state index in [4.69, 9.17) is 15.5 Å². The molecule has 0 aromatic carbocycles. The number of nitrogens with zero attached hydrogens (tertiary/aromatic N) is 3. The van der Waals surface area contributed by atoms with Crippen molar-refractivity contribution >= 4 is 35.8 Å². The molecule has 0 atom stereocenters. The molecule has 0 amide bonds. The number of rotatable bonds is 4. The van der Waals surface area contributed by atoms with E-state index < -0.39 is 0 Å². The molecule has 6 nitrogen and oxygen atoms in total. The molecule has 0 radical (unpaired) electrons. The second kappa shape index (κ2) is 9.32. The molecule has 2 fully saturated rings. The van der Waals surface area contributed by atoms with Crippen molar-refractivity contribution in [3.05, 3.63) is 24.4 Å². The number of nitrogens with one attached hydrogen (secondary N) is 1. The smallest absolute Gasteiger partial charge is 0.194 e. The minimum absolute atomic E-state index is 0. The Hall–Kier alpha value is -0.930. The van der Waals surface area contributed by atoms with Crippen molar-refractivity contribution in [2.24, 2.45) is 10.7 Å². The van der Waals surface area contributed by atoms with E-state index >= 15 is 0 Å². The fourth-order valence-corrected chi connectivity index (χ4v) is 4.05. The first-order chi connectivity index (χ1) is 12.0. The summed E-state index contributed by atoms with van der Waals surface area (Å²) in [5, 5.41) is 3.09. The lowest BCUT2D eigenvalue weighted by atomic mass is 9.79. The second-order valence-corrected chi connectivity index (χ2v) is 7.86. The van der Waals surface area contributed by atoms with E-state index in [2.05, 4.69) is 29.0 Å². The van der Waals surface area contributed by atoms with Gasteiger partial charge in [-0.2, -0.15) is 0 Å². The Morgan fingerprint density at radius 2 is 2.08 bits per heavy atom. The number of nitrogens with two attached hydrogens (primary N) is 1. The average molecular weight is 473 g/mol. The number of halogens is 1. The van der Waals surface area contributed by atoms with Crippen molar-refractivity contribution in [1.82, 2.24) is 9.88 Å². The van der Waals surface area contributed by atoms with E-state index in [1.54, 1.807) is 6.20 Å². The molecular weight excluding hydrogens is 441 g/mol. The van der Waals surface area contributed by atoms with Gasteiger partial charge in [0.05, 0.1) is 18.8 Å². The predicted octanol–water partition coefficient (Wildman–Crippen LogP) is 3.24. The highest BCUT2D eigenvalue weighted by molar-refractivity contribution is 14.0. The lowest BCUT2D eigenvalue weighted by molar-refractivity contribution is -0.121. The fraction of sp³-hybridized carbons (Fsp3) is 0.684. The highest BCUT2D eigenvalue weighted by Crippen LogP contribution is 2.36. The van der Waals surface area contributed by atoms with Gasteiger partial charge in [0.2, 0.25) is 0 Å². The third-order valence-corrected chi connectivity index (χ3v) is 5.35. The first-order valence-corrected chi connectivity index (χ1v) is 9.36. The number of morpholine rings is 1. The third-order valence-electron chi connectivity index (χ3n) is 5.35. The standard InChI is InChI=1S/C19H31N5O.HI/c1-18(2)15-24(12-13-25-18)19(9-5-3-6-10-19)14-22-17(20)23-16-8-4-7-11-21-16;/h4,7-8,11H,3,5-6,9-10,12-15H2,1-2H3,(H3,20,21,22,23);1H. The Balaban J connectivity index is 0.00000243. The molecular formula is C19H32IN5O. The van der Waals surface area contributed by atoms with Crippen LogP contribution in [0, 0.1) is 0 Å². The van der Waals surface area contributed by atoms with E-state index in [0.29, 0.717) is 5.96 Å². The van der Waals surface area contributed by atoms with Crippen LogP contribution in [-0.4, -0.2) is 53.2 Å². The number of hydrogen-bond donors (Lipinski definition) is 2. The first-order valence-electron chi connectivity index (χ1n) is 9.36. The molecule has 26 heavy (non-hydrogen) atoms. The van der Waals surface area contributed by atoms with Crippen LogP contribution in [0.4, 0.5) is 5.82 Å². The number of aliphatic imine (C=N–C) groups is 1. The van der Waals surface area contributed by atoms with Crippen LogP contribution in [0.15, 0.2) is 29.4 Å². The van der Waals surface area contributed by atoms with E-state index in [1.165, 1.54) is 32.1 Å². The molecule has 146 valence electrons. The van der Waals surface area contributed by atoms with Gasteiger partial charge >= 0.3 is 0 Å². The Bertz CT molecular complexity index is 587. The number of aromatic nitrogens is 1. The predicted molar refractivity (Wildman–Crippen MR) is 117 cm³/mol. The lowest BCUT2D eigenvalue weighted by Crippen LogP contribution is -2.60. The quantitative estimate of drug-likeness (QED) is 0.399. The summed E-state index contributed by atoms with van der Waals surface area (Å²) in [4.78, 5) is 11.5. The van der Waals surface area contributed by atoms with E-state index in [0.717, 1.165) is 32.1 Å². The summed E-state index contributed by atoms with van der Waals surface area (Å²) in [7, 11) is 0. The highest BCUT2D eigenvalue weighted by atomic mass is 127. The molecule has 2 aliphatic rings. The molecule has 0 bridgehead atoms. The minimum atomic E-state index is -0.0931. The molecule has 0 spiro atoms. The van der Waals surface area contributed by atoms with Crippen LogP contribution >= 0.6 is 24.0 Å². The maximum absolute atomic E-state index is 6.12. The zero-order valence-electron chi connectivity index (χ0n) is 15.9. The molecule has 1 aliphatic carbocycles. The van der Waals surface area contributed by atoms with Crippen LogP contribution < -0.4 is 11.1 Å². The topological polar surface area (TPSA) is 75.8 Å². The van der Waals surface area contributed by atoms with Crippen LogP contribution in [0.2, 0.25) is 0 Å². The number of ether oxygens (including phenoxy) is 1. The van der Waals surface area contributed by atoms with Crippen molar-refractivity contribution in [3.63, 3.8) is 0 Å². The van der Waals surface area contributed by atoms with Crippen molar-refractivity contribution in [1.29, 1.82) is 0 Å². The van der Waals surface area contributed by atoms with E-state index in [-0.39, 0.29) is 35.1 Å². The van der Waals surface area contributed by atoms with Crippen molar-refractivity contribution in [2.75, 3.05) is 31.6 Å². The Kier molecular flexibility index (Phi) is 7.66. The fourth-order valence-electron chi connectivity index (χ4n) is 4.05. The van der Waals surface area contributed by atoms with Gasteiger partial charge in [-0.15, -0.1) is 24.0 Å². The zero-order valence-corrected chi connectivity index (χ0v) is 18.2. The number of guanidine groups is 1. The summed E-state index contributed by atoms with van der Waals surface area (Å²) in [6.07, 6.45) is 7.96. The summed E-state index contributed by atoms with van der Waals surface area (Å²) in [5.74, 6) is 1.17. The Morgan fingerprint density at radius 3 is 2.73 bits per heavy atom. The molecule has 1 aromatic rings. The van der Waals surface area contributed by atoms with Gasteiger partial charge in [0.1, 0.15) is 5.82 Å². The van der Waals surface area contributed by atoms with Crippen LogP contribution in [0.5, 0.6) is 0 Å². The minimum Gasteiger partial charge on any atom is -0.373 e. The Morgan fingerprint density at radius 1 is 1.31 bits per heavy atom. The van der Waals surface area contributed by atoms with E-state index in [9.17, 15) is 0 Å². The maximum Gasteiger partial charge on any atom is 0.194 e. The highest BCUT2D eigenvalue weighted by Gasteiger charge is 2.42. The number of hydrogen-bond acceptors (Lipinski definition) is 4. The normalized spacial score (nSPS) is 23.1. The molecule has 2 heterocycles. The SMILES string of the molecule is CC1(C)CN(C2(CN=C(N)Nc3ccccn3)CCCCC2)CCO1.I. The van der Waals surface area contributed by atoms with Gasteiger partial charge in [-0.05, 0) is 38.8 Å². The van der Waals surface area contributed by atoms with Crippen LogP contribution in [-0.2, 0) is 4.74 Å². The molecule has 0 unspecified atom stereocenters. The van der Waals surface area contributed by atoms with Gasteiger partial charge in [0.15, 0.2) is 5.96 Å². The summed E-state index contributed by atoms with van der Waals surface area (Å²) in [6, 6.07) is 5.71. The van der Waals surface area contributed by atoms with Crippen molar-refractivity contribution in [2.45, 2.75) is 57.1 Å². The largest absolute Gasteiger partial charge is 0.373 e. The van der Waals surface area contributed by atoms with Crippen molar-refractivity contribution in [3.8, 4) is 0 Å². The molecule has 3 rings (SSSR count). The summed E-state index contributed by atoms with van der Waals surface area (Å²) in [6.45, 7) is 7.81. The average Bonchev–Trinajstić information content (AvgIpc) is 2.61. The second-order valence-electron chi connectivity index (χ2n) is 7.86. The maximum atomic E-state index is 6.12. The summed E-state index contributed by atoms with van der Waals surface area (Å²) < 4.78 is 5.91. The number of anilines is 1. The van der Waals surface area contributed by atoms with Gasteiger partial charge in [-0.25, -0.2) is 4.98 Å². The van der Waals surface area contributed by atoms with Crippen LogP contribution in [0.3, 0.4) is 0 Å². The van der Waals surface area contributed by atoms with Crippen LogP contribution in [0.1, 0.15) is 46.0 Å². The third kappa shape index (κ3) is 5.53. The molecule has 1 aromatic heterocycles. The first kappa shape index (κ1) is 21.4. The zero-order chi connectivity index (χ0) is 17.8. The molecule has 1 saturated heterocycles. The van der Waals surface area contributed by atoms with Crippen LogP contribution in [0.25, 0.3) is 0 Å². The monoisotopic (exact) mass is 473 g/mol. The van der Waals surface area contributed by atoms with Gasteiger partial charge in [-0.1, -0.05) is 25.3 Å². The molecule has 7 heteroatoms. The van der Waals surface area contributed by atoms with E-state index in [1.807, 2.05) is 18.2 Å². The summed E-state index contributed by atoms with van der Waals surface area (Å²) >= 11 is 0. The van der Waals surface area contributed by atoms with Gasteiger partial charge in [0.25, 0.3) is 0 Å². The number of pyridine rings is 1. The van der Waals surface area contributed by atoms with Gasteiger partial charge in [0, 0.05) is 24.8 Å². The molecule has 3 N–H and O–H groups in total. The molecule has 1 aliphatic heterocycles. The summed E-state index contributed by atoms with van der Waals surface area (Å²) in [5.41, 5.74) is 6.13. The molecule has 1 saturated carbocycles. The van der Waals surface area contributed by atoms with Gasteiger partial charge in [-0.3, -0.25) is 9.89 Å². The Labute approximate surface area is 174 Å².